The fraction of sp³-hybridized carbons (Fsp3) is 0.364. The molecule has 3 aromatic rings. The second-order valence-electron chi connectivity index (χ2n) is 7.74. The second-order valence-corrected chi connectivity index (χ2v) is 7.74. The molecule has 4 heterocycles. The number of aromatic hydroxyl groups is 1. The topological polar surface area (TPSA) is 94.5 Å². The Kier molecular flexibility index (Phi) is 4.60. The first kappa shape index (κ1) is 18.0. The zero-order valence-electron chi connectivity index (χ0n) is 16.2. The molecule has 7 nitrogen and oxygen atoms in total. The van der Waals surface area contributed by atoms with E-state index in [-0.39, 0.29) is 11.3 Å². The summed E-state index contributed by atoms with van der Waals surface area (Å²) in [6.07, 6.45) is 3.82. The van der Waals surface area contributed by atoms with Gasteiger partial charge in [0, 0.05) is 38.0 Å². The Morgan fingerprint density at radius 3 is 2.90 bits per heavy atom. The summed E-state index contributed by atoms with van der Waals surface area (Å²) >= 11 is 0. The summed E-state index contributed by atoms with van der Waals surface area (Å²) in [7, 11) is 0. The van der Waals surface area contributed by atoms with Crippen LogP contribution in [0.4, 0.5) is 0 Å². The van der Waals surface area contributed by atoms with E-state index in [0.29, 0.717) is 24.4 Å². The Labute approximate surface area is 168 Å². The quantitative estimate of drug-likeness (QED) is 0.718. The zero-order valence-corrected chi connectivity index (χ0v) is 16.2. The predicted octanol–water partition coefficient (Wildman–Crippen LogP) is 2.56. The van der Waals surface area contributed by atoms with Crippen LogP contribution in [0.3, 0.4) is 0 Å². The molecular weight excluding hydrogens is 366 g/mol. The average molecular weight is 389 g/mol. The molecule has 2 aliphatic rings. The smallest absolute Gasteiger partial charge is 0.255 e. The maximum absolute atomic E-state index is 12.7. The third-order valence-corrected chi connectivity index (χ3v) is 5.69. The summed E-state index contributed by atoms with van der Waals surface area (Å²) in [5.74, 6) is 0.834. The molecule has 1 aromatic carbocycles. The van der Waals surface area contributed by atoms with Crippen LogP contribution in [0.2, 0.25) is 0 Å². The van der Waals surface area contributed by atoms with Gasteiger partial charge in [0.1, 0.15) is 11.3 Å². The fourth-order valence-corrected chi connectivity index (χ4v) is 4.13. The highest BCUT2D eigenvalue weighted by molar-refractivity contribution is 5.97. The molecule has 2 aliphatic heterocycles. The summed E-state index contributed by atoms with van der Waals surface area (Å²) in [6.45, 7) is 2.80. The van der Waals surface area contributed by atoms with Crippen LogP contribution in [0.15, 0.2) is 40.1 Å². The Hall–Kier alpha value is -3.06. The molecule has 0 radical (unpaired) electrons. The van der Waals surface area contributed by atoms with Crippen molar-refractivity contribution in [3.05, 3.63) is 63.5 Å². The number of phenols is 1. The first-order chi connectivity index (χ1) is 14.2. The van der Waals surface area contributed by atoms with E-state index in [1.54, 1.807) is 6.07 Å². The normalized spacial score (nSPS) is 17.2. The van der Waals surface area contributed by atoms with Crippen molar-refractivity contribution in [3.8, 4) is 5.75 Å². The summed E-state index contributed by atoms with van der Waals surface area (Å²) in [5.41, 5.74) is 3.98. The minimum Gasteiger partial charge on any atom is -0.506 e. The van der Waals surface area contributed by atoms with E-state index in [0.717, 1.165) is 66.8 Å². The van der Waals surface area contributed by atoms with Crippen LogP contribution in [0.25, 0.3) is 10.9 Å². The summed E-state index contributed by atoms with van der Waals surface area (Å²) < 4.78 is 0. The molecule has 0 unspecified atom stereocenters. The van der Waals surface area contributed by atoms with Gasteiger partial charge in [-0.2, -0.15) is 0 Å². The van der Waals surface area contributed by atoms with Gasteiger partial charge in [0.25, 0.3) is 5.56 Å². The average Bonchev–Trinajstić information content (AvgIpc) is 2.75. The van der Waals surface area contributed by atoms with E-state index in [4.69, 9.17) is 4.98 Å². The molecule has 2 aromatic heterocycles. The third-order valence-electron chi connectivity index (χ3n) is 5.69. The highest BCUT2D eigenvalue weighted by Gasteiger charge is 2.23. The van der Waals surface area contributed by atoms with Crippen molar-refractivity contribution in [2.75, 3.05) is 13.1 Å². The van der Waals surface area contributed by atoms with E-state index in [1.807, 2.05) is 24.3 Å². The number of benzene rings is 1. The second kappa shape index (κ2) is 7.40. The van der Waals surface area contributed by atoms with E-state index in [1.165, 1.54) is 0 Å². The van der Waals surface area contributed by atoms with Crippen molar-refractivity contribution in [2.24, 2.45) is 4.99 Å². The summed E-state index contributed by atoms with van der Waals surface area (Å²) in [5, 5.41) is 11.0. The predicted molar refractivity (Wildman–Crippen MR) is 111 cm³/mol. The van der Waals surface area contributed by atoms with Crippen LogP contribution in [-0.4, -0.2) is 43.8 Å². The molecule has 148 valence electrons. The molecule has 7 heteroatoms. The van der Waals surface area contributed by atoms with E-state index in [2.05, 4.69) is 19.9 Å². The number of fused-ring (bicyclic) bond motifs is 2. The number of rotatable bonds is 3. The number of aliphatic imine (C=N–C) groups is 1. The number of aromatic nitrogens is 3. The van der Waals surface area contributed by atoms with Gasteiger partial charge in [0.05, 0.1) is 22.7 Å². The lowest BCUT2D eigenvalue weighted by Crippen LogP contribution is -2.36. The van der Waals surface area contributed by atoms with Crippen molar-refractivity contribution in [1.29, 1.82) is 0 Å². The number of H-pyrrole nitrogens is 1. The van der Waals surface area contributed by atoms with E-state index >= 15 is 0 Å². The molecule has 29 heavy (non-hydrogen) atoms. The van der Waals surface area contributed by atoms with Gasteiger partial charge in [-0.05, 0) is 31.4 Å². The number of nitrogens with zero attached hydrogens (tertiary/aromatic N) is 4. The van der Waals surface area contributed by atoms with Crippen LogP contribution in [0, 0.1) is 0 Å². The van der Waals surface area contributed by atoms with Crippen LogP contribution < -0.4 is 5.56 Å². The number of para-hydroxylation sites is 1. The van der Waals surface area contributed by atoms with Crippen LogP contribution >= 0.6 is 0 Å². The van der Waals surface area contributed by atoms with Crippen LogP contribution in [-0.2, 0) is 19.5 Å². The fourth-order valence-electron chi connectivity index (χ4n) is 4.13. The minimum absolute atomic E-state index is 0.0629. The van der Waals surface area contributed by atoms with Gasteiger partial charge < -0.3 is 10.1 Å². The zero-order chi connectivity index (χ0) is 19.8. The van der Waals surface area contributed by atoms with Gasteiger partial charge in [0.15, 0.2) is 5.82 Å². The Morgan fingerprint density at radius 2 is 2.03 bits per heavy atom. The number of aromatic amines is 1. The maximum Gasteiger partial charge on any atom is 0.255 e. The molecule has 0 atom stereocenters. The van der Waals surface area contributed by atoms with Crippen molar-refractivity contribution in [1.82, 2.24) is 19.9 Å². The van der Waals surface area contributed by atoms with Gasteiger partial charge in [-0.25, -0.2) is 9.97 Å². The monoisotopic (exact) mass is 389 g/mol. The van der Waals surface area contributed by atoms with E-state index in [9.17, 15) is 9.90 Å². The lowest BCUT2D eigenvalue weighted by molar-refractivity contribution is 0.239. The SMILES string of the molecule is O=c1[nH]c(C2=NCCCC2)nc2c1CN(Cc1ccc3cccc(O)c3n1)CC2. The van der Waals surface area contributed by atoms with Crippen molar-refractivity contribution in [2.45, 2.75) is 38.8 Å². The highest BCUT2D eigenvalue weighted by Crippen LogP contribution is 2.24. The number of phenolic OH excluding ortho intramolecular Hbond substituents is 1. The van der Waals surface area contributed by atoms with Crippen molar-refractivity contribution in [3.63, 3.8) is 0 Å². The molecule has 2 N–H and O–H groups in total. The highest BCUT2D eigenvalue weighted by atomic mass is 16.3. The molecule has 5 rings (SSSR count). The first-order valence-corrected chi connectivity index (χ1v) is 10.1. The minimum atomic E-state index is -0.0629. The van der Waals surface area contributed by atoms with Gasteiger partial charge in [-0.15, -0.1) is 0 Å². The Balaban J connectivity index is 1.38. The number of hydrogen-bond donors (Lipinski definition) is 2. The van der Waals surface area contributed by atoms with E-state index < -0.39 is 0 Å². The first-order valence-electron chi connectivity index (χ1n) is 10.1. The standard InChI is InChI=1S/C22H23N5O2/c28-19-6-3-4-14-7-8-15(24-20(14)19)12-27-11-9-17-16(13-27)22(29)26-21(25-17)18-5-1-2-10-23-18/h3-4,6-8,28H,1-2,5,9-13H2,(H,25,26,29). The van der Waals surface area contributed by atoms with Crippen molar-refractivity contribution >= 4 is 16.6 Å². The molecular formula is C22H23N5O2. The van der Waals surface area contributed by atoms with Gasteiger partial charge in [0.2, 0.25) is 0 Å². The molecule has 0 saturated heterocycles. The summed E-state index contributed by atoms with van der Waals surface area (Å²) in [4.78, 5) is 31.7. The lowest BCUT2D eigenvalue weighted by atomic mass is 10.0. The Morgan fingerprint density at radius 1 is 1.10 bits per heavy atom. The molecule has 0 amide bonds. The maximum atomic E-state index is 12.7. The molecule has 0 saturated carbocycles. The van der Waals surface area contributed by atoms with Gasteiger partial charge in [-0.3, -0.25) is 14.7 Å². The van der Waals surface area contributed by atoms with Gasteiger partial charge >= 0.3 is 0 Å². The number of nitrogens with one attached hydrogen (secondary N) is 1. The van der Waals surface area contributed by atoms with Crippen LogP contribution in [0.1, 0.15) is 42.0 Å². The largest absolute Gasteiger partial charge is 0.506 e. The number of hydrogen-bond acceptors (Lipinski definition) is 6. The molecule has 0 spiro atoms. The third kappa shape index (κ3) is 3.53. The molecule has 0 bridgehead atoms. The summed E-state index contributed by atoms with van der Waals surface area (Å²) in [6, 6.07) is 9.34. The Bertz CT molecular complexity index is 1170. The number of pyridine rings is 1. The molecule has 0 fully saturated rings. The lowest BCUT2D eigenvalue weighted by Gasteiger charge is -2.27. The molecule has 0 aliphatic carbocycles. The van der Waals surface area contributed by atoms with Crippen molar-refractivity contribution < 1.29 is 5.11 Å². The van der Waals surface area contributed by atoms with Crippen LogP contribution in [0.5, 0.6) is 5.75 Å². The van der Waals surface area contributed by atoms with Gasteiger partial charge in [-0.1, -0.05) is 18.2 Å².